The first kappa shape index (κ1) is 14.3. The highest BCUT2D eigenvalue weighted by Crippen LogP contribution is 2.40. The van der Waals surface area contributed by atoms with E-state index in [2.05, 4.69) is 24.1 Å². The van der Waals surface area contributed by atoms with Crippen molar-refractivity contribution in [1.82, 2.24) is 10.2 Å². The highest BCUT2D eigenvalue weighted by Gasteiger charge is 2.38. The molecule has 0 radical (unpaired) electrons. The third-order valence-corrected chi connectivity index (χ3v) is 4.70. The van der Waals surface area contributed by atoms with E-state index in [1.165, 1.54) is 77.5 Å². The van der Waals surface area contributed by atoms with Gasteiger partial charge in [0.05, 0.1) is 0 Å². The number of nitrogens with zero attached hydrogens (tertiary/aromatic N) is 1. The molecule has 2 aliphatic rings. The van der Waals surface area contributed by atoms with E-state index in [9.17, 15) is 0 Å². The van der Waals surface area contributed by atoms with Gasteiger partial charge in [-0.3, -0.25) is 4.90 Å². The molecule has 0 heterocycles. The molecule has 1 N–H and O–H groups in total. The monoisotopic (exact) mass is 252 g/mol. The Labute approximate surface area is 114 Å². The third kappa shape index (κ3) is 3.96. The second kappa shape index (κ2) is 6.91. The second-order valence-corrected chi connectivity index (χ2v) is 6.59. The van der Waals surface area contributed by atoms with E-state index in [-0.39, 0.29) is 0 Å². The molecule has 0 aromatic heterocycles. The van der Waals surface area contributed by atoms with Crippen LogP contribution in [0.2, 0.25) is 0 Å². The van der Waals surface area contributed by atoms with Crippen LogP contribution >= 0.6 is 0 Å². The SMILES string of the molecule is CCCNCC1(CN(CCC)C2CC2)CCCC1. The van der Waals surface area contributed by atoms with Crippen molar-refractivity contribution in [3.63, 3.8) is 0 Å². The molecule has 0 spiro atoms. The summed E-state index contributed by atoms with van der Waals surface area (Å²) in [6, 6.07) is 0.939. The summed E-state index contributed by atoms with van der Waals surface area (Å²) in [6.07, 6.45) is 11.3. The van der Waals surface area contributed by atoms with Crippen LogP contribution in [0.25, 0.3) is 0 Å². The molecule has 106 valence electrons. The zero-order valence-electron chi connectivity index (χ0n) is 12.5. The average Bonchev–Trinajstić information content (AvgIpc) is 3.12. The van der Waals surface area contributed by atoms with Crippen molar-refractivity contribution in [1.29, 1.82) is 0 Å². The van der Waals surface area contributed by atoms with Gasteiger partial charge in [-0.25, -0.2) is 0 Å². The molecule has 0 amide bonds. The molecule has 2 nitrogen and oxygen atoms in total. The zero-order valence-corrected chi connectivity index (χ0v) is 12.5. The van der Waals surface area contributed by atoms with Gasteiger partial charge in [0.2, 0.25) is 0 Å². The van der Waals surface area contributed by atoms with Crippen molar-refractivity contribution >= 4 is 0 Å². The van der Waals surface area contributed by atoms with Gasteiger partial charge in [-0.15, -0.1) is 0 Å². The van der Waals surface area contributed by atoms with Gasteiger partial charge in [0.15, 0.2) is 0 Å². The van der Waals surface area contributed by atoms with Gasteiger partial charge in [-0.1, -0.05) is 26.7 Å². The van der Waals surface area contributed by atoms with E-state index in [4.69, 9.17) is 0 Å². The van der Waals surface area contributed by atoms with Crippen molar-refractivity contribution < 1.29 is 0 Å². The number of hydrogen-bond donors (Lipinski definition) is 1. The van der Waals surface area contributed by atoms with E-state index in [1.54, 1.807) is 0 Å². The highest BCUT2D eigenvalue weighted by atomic mass is 15.2. The van der Waals surface area contributed by atoms with Gasteiger partial charge >= 0.3 is 0 Å². The molecule has 0 bridgehead atoms. The Bertz CT molecular complexity index is 229. The third-order valence-electron chi connectivity index (χ3n) is 4.70. The summed E-state index contributed by atoms with van der Waals surface area (Å²) in [5, 5.41) is 3.70. The molecule has 2 saturated carbocycles. The summed E-state index contributed by atoms with van der Waals surface area (Å²) >= 11 is 0. The molecular formula is C16H32N2. The Balaban J connectivity index is 1.86. The summed E-state index contributed by atoms with van der Waals surface area (Å²) in [7, 11) is 0. The Morgan fingerprint density at radius 3 is 2.39 bits per heavy atom. The van der Waals surface area contributed by atoms with Crippen molar-refractivity contribution in [2.24, 2.45) is 5.41 Å². The average molecular weight is 252 g/mol. The second-order valence-electron chi connectivity index (χ2n) is 6.59. The molecule has 2 heteroatoms. The maximum absolute atomic E-state index is 3.70. The molecule has 0 unspecified atom stereocenters. The van der Waals surface area contributed by atoms with Crippen LogP contribution in [0.3, 0.4) is 0 Å². The van der Waals surface area contributed by atoms with E-state index < -0.39 is 0 Å². The Morgan fingerprint density at radius 2 is 1.83 bits per heavy atom. The summed E-state index contributed by atoms with van der Waals surface area (Å²) in [5.41, 5.74) is 0.604. The highest BCUT2D eigenvalue weighted by molar-refractivity contribution is 4.93. The summed E-state index contributed by atoms with van der Waals surface area (Å²) in [4.78, 5) is 2.80. The quantitative estimate of drug-likeness (QED) is 0.633. The van der Waals surface area contributed by atoms with E-state index >= 15 is 0 Å². The number of hydrogen-bond acceptors (Lipinski definition) is 2. The van der Waals surface area contributed by atoms with Crippen LogP contribution in [-0.4, -0.2) is 37.1 Å². The van der Waals surface area contributed by atoms with E-state index in [0.29, 0.717) is 5.41 Å². The predicted octanol–water partition coefficient (Wildman–Crippen LogP) is 3.42. The molecule has 2 rings (SSSR count). The molecule has 0 aromatic carbocycles. The summed E-state index contributed by atoms with van der Waals surface area (Å²) < 4.78 is 0. The van der Waals surface area contributed by atoms with Crippen LogP contribution in [0.5, 0.6) is 0 Å². The maximum Gasteiger partial charge on any atom is 0.00966 e. The molecule has 2 aliphatic carbocycles. The van der Waals surface area contributed by atoms with Gasteiger partial charge in [0, 0.05) is 19.1 Å². The van der Waals surface area contributed by atoms with Crippen LogP contribution in [0.15, 0.2) is 0 Å². The lowest BCUT2D eigenvalue weighted by molar-refractivity contribution is 0.142. The zero-order chi connectivity index (χ0) is 12.8. The Morgan fingerprint density at radius 1 is 1.11 bits per heavy atom. The smallest absolute Gasteiger partial charge is 0.00966 e. The Hall–Kier alpha value is -0.0800. The van der Waals surface area contributed by atoms with Crippen molar-refractivity contribution in [2.75, 3.05) is 26.2 Å². The van der Waals surface area contributed by atoms with Gasteiger partial charge in [-0.2, -0.15) is 0 Å². The first-order chi connectivity index (χ1) is 8.79. The lowest BCUT2D eigenvalue weighted by Gasteiger charge is -2.36. The predicted molar refractivity (Wildman–Crippen MR) is 78.9 cm³/mol. The first-order valence-corrected chi connectivity index (χ1v) is 8.24. The van der Waals surface area contributed by atoms with Gasteiger partial charge in [0.1, 0.15) is 0 Å². The molecule has 0 aromatic rings. The first-order valence-electron chi connectivity index (χ1n) is 8.24. The topological polar surface area (TPSA) is 15.3 Å². The van der Waals surface area contributed by atoms with Crippen molar-refractivity contribution in [2.45, 2.75) is 71.3 Å². The summed E-state index contributed by atoms with van der Waals surface area (Å²) in [5.74, 6) is 0. The fraction of sp³-hybridized carbons (Fsp3) is 1.00. The number of nitrogens with one attached hydrogen (secondary N) is 1. The van der Waals surface area contributed by atoms with Crippen LogP contribution < -0.4 is 5.32 Å². The largest absolute Gasteiger partial charge is 0.316 e. The van der Waals surface area contributed by atoms with E-state index in [0.717, 1.165) is 6.04 Å². The maximum atomic E-state index is 3.70. The molecule has 0 saturated heterocycles. The Kier molecular flexibility index (Phi) is 5.50. The van der Waals surface area contributed by atoms with Gasteiger partial charge in [0.25, 0.3) is 0 Å². The van der Waals surface area contributed by atoms with Crippen LogP contribution in [0.4, 0.5) is 0 Å². The lowest BCUT2D eigenvalue weighted by Crippen LogP contribution is -2.44. The molecule has 2 fully saturated rings. The minimum atomic E-state index is 0.604. The van der Waals surface area contributed by atoms with Crippen LogP contribution in [-0.2, 0) is 0 Å². The molecule has 0 atom stereocenters. The van der Waals surface area contributed by atoms with E-state index in [1.807, 2.05) is 0 Å². The summed E-state index contributed by atoms with van der Waals surface area (Å²) in [6.45, 7) is 9.73. The standard InChI is InChI=1S/C16H32N2/c1-3-11-17-13-16(9-5-6-10-16)14-18(12-4-2)15-7-8-15/h15,17H,3-14H2,1-2H3. The fourth-order valence-corrected chi connectivity index (χ4v) is 3.59. The molecule has 0 aliphatic heterocycles. The van der Waals surface area contributed by atoms with Crippen LogP contribution in [0, 0.1) is 5.41 Å². The lowest BCUT2D eigenvalue weighted by atomic mass is 9.85. The molecular weight excluding hydrogens is 220 g/mol. The minimum Gasteiger partial charge on any atom is -0.316 e. The molecule has 18 heavy (non-hydrogen) atoms. The van der Waals surface area contributed by atoms with Crippen molar-refractivity contribution in [3.05, 3.63) is 0 Å². The van der Waals surface area contributed by atoms with Gasteiger partial charge < -0.3 is 5.32 Å². The fourth-order valence-electron chi connectivity index (χ4n) is 3.59. The van der Waals surface area contributed by atoms with Crippen LogP contribution in [0.1, 0.15) is 65.2 Å². The minimum absolute atomic E-state index is 0.604. The van der Waals surface area contributed by atoms with Gasteiger partial charge in [-0.05, 0) is 57.0 Å². The normalized spacial score (nSPS) is 22.8. The number of rotatable bonds is 9. The van der Waals surface area contributed by atoms with Crippen molar-refractivity contribution in [3.8, 4) is 0 Å².